The lowest BCUT2D eigenvalue weighted by Gasteiger charge is -2.30. The molecule has 0 aliphatic heterocycles. The van der Waals surface area contributed by atoms with Crippen molar-refractivity contribution in [2.75, 3.05) is 0 Å². The molecule has 1 heterocycles. The zero-order valence-electron chi connectivity index (χ0n) is 10.3. The summed E-state index contributed by atoms with van der Waals surface area (Å²) in [5.74, 6) is 0.710. The van der Waals surface area contributed by atoms with Crippen molar-refractivity contribution in [2.24, 2.45) is 5.41 Å². The molecule has 2 nitrogen and oxygen atoms in total. The van der Waals surface area contributed by atoms with E-state index in [0.717, 1.165) is 12.8 Å². The summed E-state index contributed by atoms with van der Waals surface area (Å²) in [6.45, 7) is 6.04. The molecule has 0 aromatic carbocycles. The Morgan fingerprint density at radius 2 is 2.31 bits per heavy atom. The summed E-state index contributed by atoms with van der Waals surface area (Å²) in [5.41, 5.74) is 2.61. The number of carbonyl (C=O) groups is 1. The highest BCUT2D eigenvalue weighted by Crippen LogP contribution is 2.45. The highest BCUT2D eigenvalue weighted by atomic mass is 16.1. The van der Waals surface area contributed by atoms with E-state index in [1.54, 1.807) is 6.92 Å². The summed E-state index contributed by atoms with van der Waals surface area (Å²) in [4.78, 5) is 15.8. The van der Waals surface area contributed by atoms with E-state index in [9.17, 15) is 4.79 Å². The monoisotopic (exact) mass is 217 g/mol. The third-order valence-corrected chi connectivity index (χ3v) is 3.61. The highest BCUT2D eigenvalue weighted by Gasteiger charge is 2.37. The van der Waals surface area contributed by atoms with E-state index in [-0.39, 0.29) is 11.2 Å². The average Bonchev–Trinajstić information content (AvgIpc) is 2.59. The van der Waals surface area contributed by atoms with Gasteiger partial charge >= 0.3 is 0 Å². The number of nitrogens with zero attached hydrogens (tertiary/aromatic N) is 1. The molecule has 16 heavy (non-hydrogen) atoms. The van der Waals surface area contributed by atoms with Gasteiger partial charge in [-0.05, 0) is 36.8 Å². The number of ketones is 1. The van der Waals surface area contributed by atoms with Crippen LogP contribution < -0.4 is 0 Å². The van der Waals surface area contributed by atoms with Crippen LogP contribution in [0.1, 0.15) is 50.8 Å². The van der Waals surface area contributed by atoms with E-state index < -0.39 is 0 Å². The topological polar surface area (TPSA) is 30.0 Å². The Kier molecular flexibility index (Phi) is 2.83. The standard InChI is InChI=1S/C14H19NO/c1-10(16)9-14(2,3)12-7-6-11-5-4-8-15-13(11)12/h4-5,8,12H,6-7,9H2,1-3H3. The number of hydrogen-bond acceptors (Lipinski definition) is 2. The molecule has 0 fully saturated rings. The molecule has 1 aromatic heterocycles. The summed E-state index contributed by atoms with van der Waals surface area (Å²) in [5, 5.41) is 0. The molecule has 0 radical (unpaired) electrons. The van der Waals surface area contributed by atoms with Crippen LogP contribution in [0.5, 0.6) is 0 Å². The summed E-state index contributed by atoms with van der Waals surface area (Å²) < 4.78 is 0. The lowest BCUT2D eigenvalue weighted by molar-refractivity contribution is -0.119. The van der Waals surface area contributed by atoms with Gasteiger partial charge in [-0.15, -0.1) is 0 Å². The molecule has 1 aromatic rings. The first kappa shape index (κ1) is 11.3. The molecule has 0 saturated heterocycles. The molecule has 1 unspecified atom stereocenters. The maximum Gasteiger partial charge on any atom is 0.130 e. The third-order valence-electron chi connectivity index (χ3n) is 3.61. The molecule has 0 saturated carbocycles. The first-order valence-electron chi connectivity index (χ1n) is 5.94. The largest absolute Gasteiger partial charge is 0.300 e. The van der Waals surface area contributed by atoms with Gasteiger partial charge in [0.25, 0.3) is 0 Å². The van der Waals surface area contributed by atoms with Crippen LogP contribution in [-0.4, -0.2) is 10.8 Å². The normalized spacial score (nSPS) is 19.6. The number of rotatable bonds is 3. The van der Waals surface area contributed by atoms with Crippen LogP contribution in [0.15, 0.2) is 18.3 Å². The van der Waals surface area contributed by atoms with Gasteiger partial charge in [-0.2, -0.15) is 0 Å². The fraction of sp³-hybridized carbons (Fsp3) is 0.571. The zero-order valence-corrected chi connectivity index (χ0v) is 10.3. The minimum absolute atomic E-state index is 0.0332. The van der Waals surface area contributed by atoms with Crippen LogP contribution in [0.4, 0.5) is 0 Å². The fourth-order valence-electron chi connectivity index (χ4n) is 2.94. The molecule has 2 heteroatoms. The van der Waals surface area contributed by atoms with Crippen molar-refractivity contribution in [3.63, 3.8) is 0 Å². The Hall–Kier alpha value is -1.18. The second-order valence-electron chi connectivity index (χ2n) is 5.51. The van der Waals surface area contributed by atoms with Crippen molar-refractivity contribution in [3.05, 3.63) is 29.6 Å². The third kappa shape index (κ3) is 2.01. The number of pyridine rings is 1. The van der Waals surface area contributed by atoms with E-state index in [2.05, 4.69) is 24.9 Å². The van der Waals surface area contributed by atoms with Gasteiger partial charge in [0.1, 0.15) is 5.78 Å². The van der Waals surface area contributed by atoms with E-state index in [0.29, 0.717) is 12.3 Å². The van der Waals surface area contributed by atoms with Gasteiger partial charge in [-0.1, -0.05) is 19.9 Å². The highest BCUT2D eigenvalue weighted by molar-refractivity contribution is 5.76. The van der Waals surface area contributed by atoms with Gasteiger partial charge in [-0.25, -0.2) is 0 Å². The zero-order chi connectivity index (χ0) is 11.8. The van der Waals surface area contributed by atoms with Crippen LogP contribution in [0.3, 0.4) is 0 Å². The smallest absolute Gasteiger partial charge is 0.130 e. The Morgan fingerprint density at radius 3 is 3.00 bits per heavy atom. The summed E-state index contributed by atoms with van der Waals surface area (Å²) in [6.07, 6.45) is 4.75. The minimum atomic E-state index is 0.0332. The molecule has 1 atom stereocenters. The van der Waals surface area contributed by atoms with Crippen LogP contribution in [0, 0.1) is 5.41 Å². The van der Waals surface area contributed by atoms with E-state index >= 15 is 0 Å². The fourth-order valence-corrected chi connectivity index (χ4v) is 2.94. The maximum atomic E-state index is 11.3. The predicted molar refractivity (Wildman–Crippen MR) is 64.4 cm³/mol. The molecule has 0 bridgehead atoms. The van der Waals surface area contributed by atoms with Crippen LogP contribution in [0.2, 0.25) is 0 Å². The molecule has 0 N–H and O–H groups in total. The van der Waals surface area contributed by atoms with E-state index in [1.165, 1.54) is 11.3 Å². The van der Waals surface area contributed by atoms with Crippen LogP contribution in [0.25, 0.3) is 0 Å². The number of carbonyl (C=O) groups excluding carboxylic acids is 1. The second kappa shape index (κ2) is 4.00. The number of Topliss-reactive ketones (excluding diaryl/α,β-unsaturated/α-hetero) is 1. The number of hydrogen-bond donors (Lipinski definition) is 0. The molecule has 2 rings (SSSR count). The summed E-state index contributed by atoms with van der Waals surface area (Å²) in [6, 6.07) is 4.16. The van der Waals surface area contributed by atoms with Crippen molar-refractivity contribution in [3.8, 4) is 0 Å². The molecule has 0 spiro atoms. The molecular formula is C14H19NO. The quantitative estimate of drug-likeness (QED) is 0.778. The lowest BCUT2D eigenvalue weighted by Crippen LogP contribution is -2.23. The van der Waals surface area contributed by atoms with Crippen molar-refractivity contribution in [1.82, 2.24) is 4.98 Å². The summed E-state index contributed by atoms with van der Waals surface area (Å²) in [7, 11) is 0. The van der Waals surface area contributed by atoms with Crippen LogP contribution in [-0.2, 0) is 11.2 Å². The first-order valence-corrected chi connectivity index (χ1v) is 5.94. The van der Waals surface area contributed by atoms with Gasteiger partial charge in [0.15, 0.2) is 0 Å². The maximum absolute atomic E-state index is 11.3. The molecule has 1 aliphatic rings. The van der Waals surface area contributed by atoms with Gasteiger partial charge in [-0.3, -0.25) is 4.98 Å². The number of aryl methyl sites for hydroxylation is 1. The number of aromatic nitrogens is 1. The van der Waals surface area contributed by atoms with Crippen molar-refractivity contribution < 1.29 is 4.79 Å². The minimum Gasteiger partial charge on any atom is -0.300 e. The van der Waals surface area contributed by atoms with E-state index in [1.807, 2.05) is 12.3 Å². The van der Waals surface area contributed by atoms with Gasteiger partial charge < -0.3 is 4.79 Å². The van der Waals surface area contributed by atoms with E-state index in [4.69, 9.17) is 0 Å². The van der Waals surface area contributed by atoms with Gasteiger partial charge in [0, 0.05) is 24.2 Å². The van der Waals surface area contributed by atoms with Crippen molar-refractivity contribution in [2.45, 2.75) is 46.0 Å². The van der Waals surface area contributed by atoms with Crippen LogP contribution >= 0.6 is 0 Å². The Morgan fingerprint density at radius 1 is 1.56 bits per heavy atom. The Bertz CT molecular complexity index is 409. The van der Waals surface area contributed by atoms with Gasteiger partial charge in [0.2, 0.25) is 0 Å². The lowest BCUT2D eigenvalue weighted by atomic mass is 9.74. The van der Waals surface area contributed by atoms with Crippen molar-refractivity contribution >= 4 is 5.78 Å². The Balaban J connectivity index is 2.27. The molecule has 1 aliphatic carbocycles. The summed E-state index contributed by atoms with van der Waals surface area (Å²) >= 11 is 0. The number of fused-ring (bicyclic) bond motifs is 1. The van der Waals surface area contributed by atoms with Gasteiger partial charge in [0.05, 0.1) is 0 Å². The molecule has 0 amide bonds. The predicted octanol–water partition coefficient (Wildman–Crippen LogP) is 3.12. The first-order chi connectivity index (χ1) is 7.50. The SMILES string of the molecule is CC(=O)CC(C)(C)C1CCc2cccnc21. The molecule has 86 valence electrons. The molecular weight excluding hydrogens is 198 g/mol. The second-order valence-corrected chi connectivity index (χ2v) is 5.51. The average molecular weight is 217 g/mol. The Labute approximate surface area is 97.1 Å². The van der Waals surface area contributed by atoms with Crippen molar-refractivity contribution in [1.29, 1.82) is 0 Å².